The van der Waals surface area contributed by atoms with Crippen LogP contribution in [0.4, 0.5) is 10.1 Å². The molecular formula is C17H18FN3O2. The van der Waals surface area contributed by atoms with Crippen molar-refractivity contribution in [3.63, 3.8) is 0 Å². The molecule has 1 aromatic heterocycles. The van der Waals surface area contributed by atoms with Crippen molar-refractivity contribution < 1.29 is 13.7 Å². The molecule has 0 saturated carbocycles. The van der Waals surface area contributed by atoms with Gasteiger partial charge in [-0.05, 0) is 49.4 Å². The number of halogens is 1. The van der Waals surface area contributed by atoms with Crippen molar-refractivity contribution in [1.29, 1.82) is 0 Å². The number of nitrogens with zero attached hydrogens (tertiary/aromatic N) is 1. The molecule has 0 saturated heterocycles. The van der Waals surface area contributed by atoms with Gasteiger partial charge in [0.15, 0.2) is 5.69 Å². The molecule has 6 heteroatoms. The predicted octanol–water partition coefficient (Wildman–Crippen LogP) is 2.59. The van der Waals surface area contributed by atoms with Crippen molar-refractivity contribution in [1.82, 2.24) is 10.5 Å². The van der Waals surface area contributed by atoms with Gasteiger partial charge in [0.1, 0.15) is 11.6 Å². The Morgan fingerprint density at radius 3 is 3.00 bits per heavy atom. The Labute approximate surface area is 133 Å². The van der Waals surface area contributed by atoms with Gasteiger partial charge in [-0.25, -0.2) is 4.39 Å². The summed E-state index contributed by atoms with van der Waals surface area (Å²) in [5.74, 6) is 0.0535. The Balaban J connectivity index is 1.61. The van der Waals surface area contributed by atoms with Crippen LogP contribution < -0.4 is 10.6 Å². The first-order valence-corrected chi connectivity index (χ1v) is 8.04. The number of amides is 1. The molecule has 0 unspecified atom stereocenters. The molecule has 1 aliphatic heterocycles. The van der Waals surface area contributed by atoms with E-state index in [9.17, 15) is 9.18 Å². The van der Waals surface area contributed by atoms with Crippen LogP contribution >= 0.6 is 0 Å². The Bertz CT molecular complexity index is 769. The Kier molecular flexibility index (Phi) is 3.61. The molecule has 23 heavy (non-hydrogen) atoms. The average molecular weight is 315 g/mol. The lowest BCUT2D eigenvalue weighted by Gasteiger charge is -2.19. The van der Waals surface area contributed by atoms with Crippen molar-refractivity contribution in [3.05, 3.63) is 46.1 Å². The van der Waals surface area contributed by atoms with Crippen molar-refractivity contribution in [2.24, 2.45) is 0 Å². The van der Waals surface area contributed by atoms with Crippen molar-refractivity contribution in [2.45, 2.75) is 38.6 Å². The van der Waals surface area contributed by atoms with Crippen LogP contribution in [0.3, 0.4) is 0 Å². The highest BCUT2D eigenvalue weighted by atomic mass is 19.1. The second kappa shape index (κ2) is 5.77. The molecule has 0 radical (unpaired) electrons. The van der Waals surface area contributed by atoms with Crippen molar-refractivity contribution in [2.75, 3.05) is 11.9 Å². The van der Waals surface area contributed by atoms with Gasteiger partial charge >= 0.3 is 0 Å². The minimum Gasteiger partial charge on any atom is -0.360 e. The number of rotatable bonds is 2. The zero-order valence-electron chi connectivity index (χ0n) is 12.7. The maximum Gasteiger partial charge on any atom is 0.278 e. The molecule has 1 aliphatic carbocycles. The highest BCUT2D eigenvalue weighted by Gasteiger charge is 2.25. The molecule has 120 valence electrons. The third-order valence-corrected chi connectivity index (χ3v) is 4.62. The highest BCUT2D eigenvalue weighted by Crippen LogP contribution is 2.27. The number of benzene rings is 1. The van der Waals surface area contributed by atoms with E-state index in [0.717, 1.165) is 49.1 Å². The molecule has 2 aromatic rings. The molecule has 4 rings (SSSR count). The molecule has 2 heterocycles. The van der Waals surface area contributed by atoms with E-state index in [1.54, 1.807) is 6.07 Å². The predicted molar refractivity (Wildman–Crippen MR) is 82.9 cm³/mol. The van der Waals surface area contributed by atoms with Gasteiger partial charge in [0, 0.05) is 18.5 Å². The number of carbonyl (C=O) groups excluding carboxylic acids is 1. The molecule has 2 N–H and O–H groups in total. The van der Waals surface area contributed by atoms with E-state index in [1.807, 2.05) is 6.07 Å². The van der Waals surface area contributed by atoms with Crippen LogP contribution in [-0.2, 0) is 25.8 Å². The highest BCUT2D eigenvalue weighted by molar-refractivity contribution is 6.04. The first-order valence-electron chi connectivity index (χ1n) is 8.04. The number of fused-ring (bicyclic) bond motifs is 2. The summed E-state index contributed by atoms with van der Waals surface area (Å²) in [6, 6.07) is 3.48. The minimum absolute atomic E-state index is 0.211. The number of hydrogen-bond donors (Lipinski definition) is 2. The summed E-state index contributed by atoms with van der Waals surface area (Å²) in [7, 11) is 0. The molecule has 0 atom stereocenters. The second-order valence-electron chi connectivity index (χ2n) is 6.09. The first kappa shape index (κ1) is 14.4. The lowest BCUT2D eigenvalue weighted by molar-refractivity contribution is 0.101. The lowest BCUT2D eigenvalue weighted by Crippen LogP contribution is -2.25. The third kappa shape index (κ3) is 2.53. The number of hydrogen-bond acceptors (Lipinski definition) is 4. The first-order chi connectivity index (χ1) is 11.2. The van der Waals surface area contributed by atoms with Crippen LogP contribution in [0.25, 0.3) is 0 Å². The van der Waals surface area contributed by atoms with Gasteiger partial charge in [-0.2, -0.15) is 0 Å². The minimum atomic E-state index is -0.398. The monoisotopic (exact) mass is 315 g/mol. The summed E-state index contributed by atoms with van der Waals surface area (Å²) in [6.07, 6.45) is 4.31. The Morgan fingerprint density at radius 1 is 1.22 bits per heavy atom. The van der Waals surface area contributed by atoms with E-state index >= 15 is 0 Å². The maximum absolute atomic E-state index is 14.6. The average Bonchev–Trinajstić information content (AvgIpc) is 3.02. The van der Waals surface area contributed by atoms with Crippen LogP contribution in [-0.4, -0.2) is 17.6 Å². The van der Waals surface area contributed by atoms with Gasteiger partial charge in [0.25, 0.3) is 5.91 Å². The van der Waals surface area contributed by atoms with Gasteiger partial charge in [-0.1, -0.05) is 11.2 Å². The maximum atomic E-state index is 14.6. The molecule has 1 aromatic carbocycles. The molecule has 1 amide bonds. The van der Waals surface area contributed by atoms with Gasteiger partial charge in [-0.3, -0.25) is 4.79 Å². The summed E-state index contributed by atoms with van der Waals surface area (Å²) in [6.45, 7) is 1.41. The number of anilines is 1. The number of aromatic nitrogens is 1. The van der Waals surface area contributed by atoms with Gasteiger partial charge < -0.3 is 15.2 Å². The number of aryl methyl sites for hydroxylation is 1. The zero-order valence-corrected chi connectivity index (χ0v) is 12.7. The SMILES string of the molecule is O=C(Nc1ccc2c(c1F)CCNC2)c1noc2c1CCCC2. The van der Waals surface area contributed by atoms with Crippen molar-refractivity contribution in [3.8, 4) is 0 Å². The van der Waals surface area contributed by atoms with E-state index < -0.39 is 5.91 Å². The lowest BCUT2D eigenvalue weighted by atomic mass is 9.96. The summed E-state index contributed by atoms with van der Waals surface area (Å²) in [5.41, 5.74) is 3.01. The fourth-order valence-corrected chi connectivity index (χ4v) is 3.37. The fraction of sp³-hybridized carbons (Fsp3) is 0.412. The number of nitrogens with one attached hydrogen (secondary N) is 2. The van der Waals surface area contributed by atoms with Gasteiger partial charge in [0.2, 0.25) is 0 Å². The third-order valence-electron chi connectivity index (χ3n) is 4.62. The van der Waals surface area contributed by atoms with Gasteiger partial charge in [0.05, 0.1) is 5.69 Å². The Hall–Kier alpha value is -2.21. The van der Waals surface area contributed by atoms with E-state index in [4.69, 9.17) is 4.52 Å². The summed E-state index contributed by atoms with van der Waals surface area (Å²) >= 11 is 0. The smallest absolute Gasteiger partial charge is 0.278 e. The molecule has 5 nitrogen and oxygen atoms in total. The molecule has 0 bridgehead atoms. The topological polar surface area (TPSA) is 67.2 Å². The summed E-state index contributed by atoms with van der Waals surface area (Å²) < 4.78 is 19.9. The molecule has 0 fully saturated rings. The van der Waals surface area contributed by atoms with E-state index in [2.05, 4.69) is 15.8 Å². The Morgan fingerprint density at radius 2 is 2.09 bits per heavy atom. The largest absolute Gasteiger partial charge is 0.360 e. The molecular weight excluding hydrogens is 297 g/mol. The molecule has 0 spiro atoms. The van der Waals surface area contributed by atoms with Crippen molar-refractivity contribution >= 4 is 11.6 Å². The fourth-order valence-electron chi connectivity index (χ4n) is 3.37. The summed E-state index contributed by atoms with van der Waals surface area (Å²) in [5, 5.41) is 9.76. The zero-order chi connectivity index (χ0) is 15.8. The summed E-state index contributed by atoms with van der Waals surface area (Å²) in [4.78, 5) is 12.5. The van der Waals surface area contributed by atoms with Crippen LogP contribution in [0.5, 0.6) is 0 Å². The van der Waals surface area contributed by atoms with Crippen LogP contribution in [0.2, 0.25) is 0 Å². The quantitative estimate of drug-likeness (QED) is 0.894. The normalized spacial score (nSPS) is 16.6. The second-order valence-corrected chi connectivity index (χ2v) is 6.09. The van der Waals surface area contributed by atoms with E-state index in [1.165, 1.54) is 0 Å². The number of carbonyl (C=O) groups is 1. The molecule has 2 aliphatic rings. The van der Waals surface area contributed by atoms with Gasteiger partial charge in [-0.15, -0.1) is 0 Å². The van der Waals surface area contributed by atoms with E-state index in [-0.39, 0.29) is 11.5 Å². The van der Waals surface area contributed by atoms with E-state index in [0.29, 0.717) is 24.2 Å². The van der Waals surface area contributed by atoms with Crippen LogP contribution in [0, 0.1) is 5.82 Å². The van der Waals surface area contributed by atoms with Crippen LogP contribution in [0.15, 0.2) is 16.7 Å². The standard InChI is InChI=1S/C17H18FN3O2/c18-15-11-7-8-19-9-10(11)5-6-13(15)20-17(22)16-12-3-1-2-4-14(12)23-21-16/h5-6,19H,1-4,7-9H2,(H,20,22). The van der Waals surface area contributed by atoms with Crippen LogP contribution in [0.1, 0.15) is 45.8 Å².